The maximum Gasteiger partial charge on any atom is 0.224 e. The molecule has 0 bridgehead atoms. The van der Waals surface area contributed by atoms with Crippen LogP contribution < -0.4 is 5.32 Å². The Morgan fingerprint density at radius 3 is 2.78 bits per heavy atom. The van der Waals surface area contributed by atoms with Crippen molar-refractivity contribution >= 4 is 5.91 Å². The highest BCUT2D eigenvalue weighted by Crippen LogP contribution is 2.19. The third kappa shape index (κ3) is 2.72. The van der Waals surface area contributed by atoms with E-state index >= 15 is 0 Å². The molecular weight excluding hydrogens is 228 g/mol. The lowest BCUT2D eigenvalue weighted by Gasteiger charge is -2.28. The van der Waals surface area contributed by atoms with Gasteiger partial charge >= 0.3 is 0 Å². The minimum absolute atomic E-state index is 0.228. The predicted octanol–water partition coefficient (Wildman–Crippen LogP) is 0.828. The van der Waals surface area contributed by atoms with Crippen molar-refractivity contribution < 1.29 is 4.79 Å². The molecule has 1 aliphatic heterocycles. The first-order chi connectivity index (χ1) is 8.76. The molecule has 0 unspecified atom stereocenters. The molecule has 1 aromatic rings. The first-order valence-electron chi connectivity index (χ1n) is 6.74. The predicted molar refractivity (Wildman–Crippen MR) is 70.4 cm³/mol. The highest BCUT2D eigenvalue weighted by Gasteiger charge is 2.22. The summed E-state index contributed by atoms with van der Waals surface area (Å²) >= 11 is 0. The fourth-order valence-corrected chi connectivity index (χ4v) is 2.31. The summed E-state index contributed by atoms with van der Waals surface area (Å²) in [6.07, 6.45) is 4.32. The molecular formula is C13H22N4O. The molecule has 100 valence electrons. The lowest BCUT2D eigenvalue weighted by atomic mass is 10.00. The summed E-state index contributed by atoms with van der Waals surface area (Å²) in [4.78, 5) is 18.0. The Morgan fingerprint density at radius 2 is 2.22 bits per heavy atom. The molecule has 18 heavy (non-hydrogen) atoms. The molecule has 5 heteroatoms. The average Bonchev–Trinajstić information content (AvgIpc) is 2.74. The topological polar surface area (TPSA) is 50.2 Å². The Balaban J connectivity index is 1.90. The normalized spacial score (nSPS) is 15.4. The van der Waals surface area contributed by atoms with Crippen LogP contribution >= 0.6 is 0 Å². The van der Waals surface area contributed by atoms with Gasteiger partial charge in [-0.25, -0.2) is 4.98 Å². The van der Waals surface area contributed by atoms with Crippen molar-refractivity contribution in [2.45, 2.75) is 32.7 Å². The van der Waals surface area contributed by atoms with Crippen LogP contribution in [0.4, 0.5) is 0 Å². The van der Waals surface area contributed by atoms with Gasteiger partial charge < -0.3 is 14.8 Å². The van der Waals surface area contributed by atoms with Crippen molar-refractivity contribution in [1.82, 2.24) is 19.8 Å². The van der Waals surface area contributed by atoms with Crippen molar-refractivity contribution in [1.29, 1.82) is 0 Å². The molecule has 1 fully saturated rings. The summed E-state index contributed by atoms with van der Waals surface area (Å²) < 4.78 is 2.12. The van der Waals surface area contributed by atoms with Gasteiger partial charge in [0.15, 0.2) is 0 Å². The summed E-state index contributed by atoms with van der Waals surface area (Å²) in [6, 6.07) is 0. The van der Waals surface area contributed by atoms with E-state index in [2.05, 4.69) is 14.9 Å². The highest BCUT2D eigenvalue weighted by molar-refractivity contribution is 5.76. The van der Waals surface area contributed by atoms with Crippen molar-refractivity contribution in [2.24, 2.45) is 0 Å². The van der Waals surface area contributed by atoms with Gasteiger partial charge in [-0.3, -0.25) is 4.79 Å². The smallest absolute Gasteiger partial charge is 0.224 e. The summed E-state index contributed by atoms with van der Waals surface area (Å²) in [7, 11) is 0. The fourth-order valence-electron chi connectivity index (χ4n) is 2.31. The lowest BCUT2D eigenvalue weighted by Crippen LogP contribution is -2.41. The quantitative estimate of drug-likeness (QED) is 0.813. The molecule has 0 aliphatic carbocycles. The number of carbonyl (C=O) groups excluding carboxylic acids is 1. The fraction of sp³-hybridized carbons (Fsp3) is 0.692. The average molecular weight is 250 g/mol. The molecule has 0 saturated carbocycles. The molecule has 0 spiro atoms. The van der Waals surface area contributed by atoms with Gasteiger partial charge in [0, 0.05) is 57.0 Å². The van der Waals surface area contributed by atoms with Crippen LogP contribution in [0, 0.1) is 0 Å². The van der Waals surface area contributed by atoms with Gasteiger partial charge in [-0.05, 0) is 13.8 Å². The molecule has 1 aromatic heterocycles. The minimum Gasteiger partial charge on any atom is -0.343 e. The van der Waals surface area contributed by atoms with Crippen LogP contribution in [0.15, 0.2) is 12.5 Å². The van der Waals surface area contributed by atoms with Gasteiger partial charge in [-0.2, -0.15) is 0 Å². The molecule has 2 rings (SSSR count). The second kappa shape index (κ2) is 6.00. The molecule has 1 saturated heterocycles. The monoisotopic (exact) mass is 250 g/mol. The zero-order chi connectivity index (χ0) is 13.0. The number of nitrogens with one attached hydrogen (secondary N) is 1. The second-order valence-corrected chi connectivity index (χ2v) is 4.68. The van der Waals surface area contributed by atoms with Crippen molar-refractivity contribution in [3.8, 4) is 0 Å². The van der Waals surface area contributed by atoms with E-state index in [1.54, 1.807) is 0 Å². The number of nitrogens with zero attached hydrogens (tertiary/aromatic N) is 3. The van der Waals surface area contributed by atoms with Crippen molar-refractivity contribution in [3.05, 3.63) is 18.2 Å². The van der Waals surface area contributed by atoms with Gasteiger partial charge in [-0.1, -0.05) is 0 Å². The number of amides is 1. The zero-order valence-electron chi connectivity index (χ0n) is 11.2. The third-order valence-electron chi connectivity index (χ3n) is 3.63. The first-order valence-corrected chi connectivity index (χ1v) is 6.74. The Bertz CT molecular complexity index is 393. The zero-order valence-corrected chi connectivity index (χ0v) is 11.2. The number of aromatic nitrogens is 2. The van der Waals surface area contributed by atoms with Crippen LogP contribution in [-0.2, 0) is 11.3 Å². The minimum atomic E-state index is 0.228. The number of hydrogen-bond acceptors (Lipinski definition) is 3. The van der Waals surface area contributed by atoms with Gasteiger partial charge in [0.25, 0.3) is 0 Å². The Hall–Kier alpha value is -1.36. The van der Waals surface area contributed by atoms with Crippen LogP contribution in [0.1, 0.15) is 31.9 Å². The Kier molecular flexibility index (Phi) is 4.36. The molecule has 2 heterocycles. The van der Waals surface area contributed by atoms with Crippen LogP contribution in [0.25, 0.3) is 0 Å². The van der Waals surface area contributed by atoms with E-state index in [1.807, 2.05) is 31.3 Å². The Labute approximate surface area is 108 Å². The molecule has 0 radical (unpaired) electrons. The summed E-state index contributed by atoms with van der Waals surface area (Å²) in [5, 5.41) is 3.26. The maximum absolute atomic E-state index is 11.9. The standard InChI is InChI=1S/C13H22N4O/c1-3-16(4-2)13(18)5-6-17-10-15-9-12(17)11-7-14-8-11/h9-11,14H,3-8H2,1-2H3. The van der Waals surface area contributed by atoms with Crippen molar-refractivity contribution in [3.63, 3.8) is 0 Å². The number of rotatable bonds is 6. The first kappa shape index (κ1) is 13.1. The molecule has 0 atom stereocenters. The third-order valence-corrected chi connectivity index (χ3v) is 3.63. The molecule has 1 aliphatic rings. The number of aryl methyl sites for hydroxylation is 1. The van der Waals surface area contributed by atoms with E-state index in [4.69, 9.17) is 0 Å². The Morgan fingerprint density at radius 1 is 1.50 bits per heavy atom. The van der Waals surface area contributed by atoms with Gasteiger partial charge in [0.05, 0.1) is 6.33 Å². The van der Waals surface area contributed by atoms with Crippen LogP contribution in [0.5, 0.6) is 0 Å². The van der Waals surface area contributed by atoms with Crippen LogP contribution in [-0.4, -0.2) is 46.5 Å². The van der Waals surface area contributed by atoms with E-state index in [0.717, 1.165) is 32.7 Å². The van der Waals surface area contributed by atoms with E-state index in [1.165, 1.54) is 5.69 Å². The summed E-state index contributed by atoms with van der Waals surface area (Å²) in [5.41, 5.74) is 1.25. The van der Waals surface area contributed by atoms with Gasteiger partial charge in [-0.15, -0.1) is 0 Å². The lowest BCUT2D eigenvalue weighted by molar-refractivity contribution is -0.131. The largest absolute Gasteiger partial charge is 0.343 e. The van der Waals surface area contributed by atoms with Gasteiger partial charge in [0.2, 0.25) is 5.91 Å². The van der Waals surface area contributed by atoms with E-state index in [0.29, 0.717) is 12.3 Å². The van der Waals surface area contributed by atoms with Crippen LogP contribution in [0.2, 0.25) is 0 Å². The molecule has 0 aromatic carbocycles. The van der Waals surface area contributed by atoms with Gasteiger partial charge in [0.1, 0.15) is 0 Å². The SMILES string of the molecule is CCN(CC)C(=O)CCn1cncc1C1CNC1. The molecule has 5 nitrogen and oxygen atoms in total. The highest BCUT2D eigenvalue weighted by atomic mass is 16.2. The number of hydrogen-bond donors (Lipinski definition) is 1. The molecule has 1 N–H and O–H groups in total. The van der Waals surface area contributed by atoms with E-state index in [9.17, 15) is 4.79 Å². The molecule has 1 amide bonds. The van der Waals surface area contributed by atoms with E-state index in [-0.39, 0.29) is 5.91 Å². The maximum atomic E-state index is 11.9. The van der Waals surface area contributed by atoms with Crippen molar-refractivity contribution in [2.75, 3.05) is 26.2 Å². The second-order valence-electron chi connectivity index (χ2n) is 4.68. The van der Waals surface area contributed by atoms with Crippen LogP contribution in [0.3, 0.4) is 0 Å². The summed E-state index contributed by atoms with van der Waals surface area (Å²) in [5.74, 6) is 0.794. The van der Waals surface area contributed by atoms with E-state index < -0.39 is 0 Å². The number of imidazole rings is 1. The number of carbonyl (C=O) groups is 1. The summed E-state index contributed by atoms with van der Waals surface area (Å²) in [6.45, 7) is 8.40.